The fourth-order valence-electron chi connectivity index (χ4n) is 0.911. The van der Waals surface area contributed by atoms with E-state index in [1.165, 1.54) is 0 Å². The Kier molecular flexibility index (Phi) is 3.84. The molecule has 2 amide bonds. The molecule has 1 fully saturated rings. The van der Waals surface area contributed by atoms with E-state index in [4.69, 9.17) is 5.84 Å². The number of nitrogens with two attached hydrogens (primary N) is 1. The van der Waals surface area contributed by atoms with Crippen molar-refractivity contribution in [3.63, 3.8) is 0 Å². The molecule has 0 bridgehead atoms. The number of amides is 2. The van der Waals surface area contributed by atoms with Crippen molar-refractivity contribution in [2.45, 2.75) is 18.9 Å². The summed E-state index contributed by atoms with van der Waals surface area (Å²) < 4.78 is 0. The largest absolute Gasteiger partial charge is 0.344 e. The molecular formula is C5H10ClN3O2. The molecule has 0 spiro atoms. The first kappa shape index (κ1) is 10.2. The smallest absolute Gasteiger partial charge is 0.256 e. The maximum absolute atomic E-state index is 10.7. The van der Waals surface area contributed by atoms with Crippen LogP contribution in [0.15, 0.2) is 0 Å². The van der Waals surface area contributed by atoms with Crippen LogP contribution in [0.25, 0.3) is 0 Å². The number of carbonyl (C=O) groups excluding carboxylic acids is 2. The number of hydrogen-bond acceptors (Lipinski definition) is 3. The van der Waals surface area contributed by atoms with Crippen LogP contribution in [-0.4, -0.2) is 17.9 Å². The molecule has 1 aliphatic heterocycles. The van der Waals surface area contributed by atoms with E-state index in [1.807, 2.05) is 5.43 Å². The molecular weight excluding hydrogens is 170 g/mol. The first-order valence-electron chi connectivity index (χ1n) is 3.04. The van der Waals surface area contributed by atoms with Gasteiger partial charge in [-0.2, -0.15) is 0 Å². The second-order valence-corrected chi connectivity index (χ2v) is 2.17. The molecule has 0 saturated carbocycles. The van der Waals surface area contributed by atoms with Crippen LogP contribution < -0.4 is 16.6 Å². The van der Waals surface area contributed by atoms with Crippen LogP contribution in [0.1, 0.15) is 12.8 Å². The van der Waals surface area contributed by atoms with Gasteiger partial charge in [-0.05, 0) is 6.42 Å². The quantitative estimate of drug-likeness (QED) is 0.265. The Morgan fingerprint density at radius 2 is 2.36 bits per heavy atom. The van der Waals surface area contributed by atoms with E-state index in [1.54, 1.807) is 0 Å². The van der Waals surface area contributed by atoms with Crippen molar-refractivity contribution in [2.75, 3.05) is 0 Å². The van der Waals surface area contributed by atoms with Crippen molar-refractivity contribution >= 4 is 24.2 Å². The lowest BCUT2D eigenvalue weighted by Crippen LogP contribution is -2.44. The summed E-state index contributed by atoms with van der Waals surface area (Å²) in [6.07, 6.45) is 0.958. The van der Waals surface area contributed by atoms with Crippen LogP contribution in [0.3, 0.4) is 0 Å². The van der Waals surface area contributed by atoms with Crippen molar-refractivity contribution in [1.29, 1.82) is 0 Å². The maximum atomic E-state index is 10.7. The molecule has 5 nitrogen and oxygen atoms in total. The highest BCUT2D eigenvalue weighted by atomic mass is 35.5. The monoisotopic (exact) mass is 179 g/mol. The molecule has 1 unspecified atom stereocenters. The summed E-state index contributed by atoms with van der Waals surface area (Å²) in [6, 6.07) is -0.419. The van der Waals surface area contributed by atoms with Crippen molar-refractivity contribution in [3.05, 3.63) is 0 Å². The minimum Gasteiger partial charge on any atom is -0.344 e. The zero-order valence-electron chi connectivity index (χ0n) is 5.79. The van der Waals surface area contributed by atoms with Crippen molar-refractivity contribution in [2.24, 2.45) is 5.84 Å². The van der Waals surface area contributed by atoms with Gasteiger partial charge in [0.2, 0.25) is 5.91 Å². The van der Waals surface area contributed by atoms with Crippen LogP contribution in [-0.2, 0) is 9.59 Å². The standard InChI is InChI=1S/C5H9N3O2.ClH/c6-8-5(10)3-1-2-4(9)7-3;/h3H,1-2,6H2,(H,7,9)(H,8,10);1H. The average molecular weight is 180 g/mol. The van der Waals surface area contributed by atoms with Crippen LogP contribution in [0, 0.1) is 0 Å². The fraction of sp³-hybridized carbons (Fsp3) is 0.600. The van der Waals surface area contributed by atoms with Gasteiger partial charge >= 0.3 is 0 Å². The lowest BCUT2D eigenvalue weighted by Gasteiger charge is -2.05. The molecule has 1 rings (SSSR count). The van der Waals surface area contributed by atoms with Gasteiger partial charge in [0.15, 0.2) is 0 Å². The number of hydrazine groups is 1. The third-order valence-electron chi connectivity index (χ3n) is 1.45. The third kappa shape index (κ3) is 2.36. The average Bonchev–Trinajstić information content (AvgIpc) is 2.34. The SMILES string of the molecule is Cl.NNC(=O)C1CCC(=O)N1. The number of halogens is 1. The van der Waals surface area contributed by atoms with Crippen molar-refractivity contribution < 1.29 is 9.59 Å². The lowest BCUT2D eigenvalue weighted by molar-refractivity contribution is -0.125. The summed E-state index contributed by atoms with van der Waals surface area (Å²) in [6.45, 7) is 0. The van der Waals surface area contributed by atoms with E-state index in [0.29, 0.717) is 12.8 Å². The molecule has 0 aromatic rings. The molecule has 0 radical (unpaired) electrons. The Bertz CT molecular complexity index is 173. The van der Waals surface area contributed by atoms with E-state index in [-0.39, 0.29) is 24.2 Å². The highest BCUT2D eigenvalue weighted by Crippen LogP contribution is 2.05. The number of nitrogens with one attached hydrogen (secondary N) is 2. The predicted molar refractivity (Wildman–Crippen MR) is 40.7 cm³/mol. The van der Waals surface area contributed by atoms with Crippen LogP contribution in [0.2, 0.25) is 0 Å². The normalized spacial score (nSPS) is 21.9. The predicted octanol–water partition coefficient (Wildman–Crippen LogP) is -1.32. The van der Waals surface area contributed by atoms with Gasteiger partial charge in [-0.15, -0.1) is 12.4 Å². The molecule has 1 aliphatic rings. The van der Waals surface area contributed by atoms with Gasteiger partial charge in [-0.3, -0.25) is 15.0 Å². The van der Waals surface area contributed by atoms with Gasteiger partial charge in [-0.25, -0.2) is 5.84 Å². The van der Waals surface area contributed by atoms with Gasteiger partial charge in [0, 0.05) is 6.42 Å². The van der Waals surface area contributed by atoms with Gasteiger partial charge in [0.25, 0.3) is 5.91 Å². The summed E-state index contributed by atoms with van der Waals surface area (Å²) in [5, 5.41) is 2.47. The van der Waals surface area contributed by atoms with E-state index in [2.05, 4.69) is 5.32 Å². The Labute approximate surface area is 70.1 Å². The number of hydrogen-bond donors (Lipinski definition) is 3. The van der Waals surface area contributed by atoms with E-state index in [9.17, 15) is 9.59 Å². The minimum absolute atomic E-state index is 0. The zero-order chi connectivity index (χ0) is 7.56. The molecule has 4 N–H and O–H groups in total. The number of rotatable bonds is 1. The first-order valence-corrected chi connectivity index (χ1v) is 3.04. The maximum Gasteiger partial charge on any atom is 0.256 e. The van der Waals surface area contributed by atoms with E-state index < -0.39 is 6.04 Å². The Morgan fingerprint density at radius 3 is 2.73 bits per heavy atom. The van der Waals surface area contributed by atoms with Crippen LogP contribution >= 0.6 is 12.4 Å². The molecule has 0 aromatic carbocycles. The fourth-order valence-corrected chi connectivity index (χ4v) is 0.911. The summed E-state index contributed by atoms with van der Waals surface area (Å²) in [5.74, 6) is 4.43. The van der Waals surface area contributed by atoms with E-state index in [0.717, 1.165) is 0 Å². The molecule has 11 heavy (non-hydrogen) atoms. The van der Waals surface area contributed by atoms with Gasteiger partial charge < -0.3 is 5.32 Å². The zero-order valence-corrected chi connectivity index (χ0v) is 6.61. The topological polar surface area (TPSA) is 84.2 Å². The Morgan fingerprint density at radius 1 is 1.73 bits per heavy atom. The molecule has 0 aromatic heterocycles. The molecule has 1 heterocycles. The summed E-state index contributed by atoms with van der Waals surface area (Å²) >= 11 is 0. The minimum atomic E-state index is -0.419. The van der Waals surface area contributed by atoms with Crippen molar-refractivity contribution in [3.8, 4) is 0 Å². The first-order chi connectivity index (χ1) is 4.74. The summed E-state index contributed by atoms with van der Waals surface area (Å²) in [5.41, 5.74) is 1.97. The van der Waals surface area contributed by atoms with Gasteiger partial charge in [0.05, 0.1) is 0 Å². The molecule has 64 valence electrons. The highest BCUT2D eigenvalue weighted by Gasteiger charge is 2.26. The molecule has 1 atom stereocenters. The van der Waals surface area contributed by atoms with Gasteiger partial charge in [0.1, 0.15) is 6.04 Å². The molecule has 0 aliphatic carbocycles. The molecule has 6 heteroatoms. The highest BCUT2D eigenvalue weighted by molar-refractivity contribution is 5.90. The number of carbonyl (C=O) groups is 2. The van der Waals surface area contributed by atoms with Crippen LogP contribution in [0.5, 0.6) is 0 Å². The second kappa shape index (κ2) is 4.15. The molecule has 1 saturated heterocycles. The van der Waals surface area contributed by atoms with E-state index >= 15 is 0 Å². The van der Waals surface area contributed by atoms with Gasteiger partial charge in [-0.1, -0.05) is 0 Å². The Balaban J connectivity index is 0.000001000. The second-order valence-electron chi connectivity index (χ2n) is 2.17. The third-order valence-corrected chi connectivity index (χ3v) is 1.45. The van der Waals surface area contributed by atoms with Crippen LogP contribution in [0.4, 0.5) is 0 Å². The summed E-state index contributed by atoms with van der Waals surface area (Å²) in [4.78, 5) is 21.3. The lowest BCUT2D eigenvalue weighted by atomic mass is 10.2. The van der Waals surface area contributed by atoms with Crippen molar-refractivity contribution in [1.82, 2.24) is 10.7 Å². The summed E-state index contributed by atoms with van der Waals surface area (Å²) in [7, 11) is 0. The Hall–Kier alpha value is -0.810.